The van der Waals surface area contributed by atoms with Gasteiger partial charge >= 0.3 is 6.61 Å². The SMILES string of the molecule is Cc1ccc(Cn2nc(C)c(NC(=O)c3cc(Br)ccc3OC(F)F)c2C)cc1. The van der Waals surface area contributed by atoms with Gasteiger partial charge in [0.05, 0.1) is 29.2 Å². The van der Waals surface area contributed by atoms with Crippen molar-refractivity contribution in [1.82, 2.24) is 9.78 Å². The van der Waals surface area contributed by atoms with Gasteiger partial charge in [0.1, 0.15) is 5.75 Å². The predicted molar refractivity (Wildman–Crippen MR) is 111 cm³/mol. The molecule has 1 aromatic heterocycles. The Morgan fingerprint density at radius 2 is 1.86 bits per heavy atom. The second-order valence-corrected chi connectivity index (χ2v) is 7.58. The van der Waals surface area contributed by atoms with Crippen molar-refractivity contribution in [1.29, 1.82) is 0 Å². The first-order chi connectivity index (χ1) is 13.7. The molecule has 1 amide bonds. The molecule has 0 radical (unpaired) electrons. The third kappa shape index (κ3) is 5.00. The molecule has 152 valence electrons. The molecule has 0 spiro atoms. The molecule has 0 saturated carbocycles. The minimum absolute atomic E-state index is 0.00441. The minimum atomic E-state index is -3.02. The van der Waals surface area contributed by atoms with Crippen LogP contribution in [0.25, 0.3) is 0 Å². The molecule has 0 fully saturated rings. The van der Waals surface area contributed by atoms with Crippen molar-refractivity contribution in [2.24, 2.45) is 0 Å². The highest BCUT2D eigenvalue weighted by atomic mass is 79.9. The van der Waals surface area contributed by atoms with E-state index in [4.69, 9.17) is 0 Å². The Kier molecular flexibility index (Phi) is 6.32. The van der Waals surface area contributed by atoms with Gasteiger partial charge in [-0.3, -0.25) is 9.48 Å². The average Bonchev–Trinajstić information content (AvgIpc) is 2.92. The lowest BCUT2D eigenvalue weighted by atomic mass is 10.1. The Morgan fingerprint density at radius 1 is 1.17 bits per heavy atom. The van der Waals surface area contributed by atoms with Crippen molar-refractivity contribution in [3.05, 3.63) is 75.0 Å². The molecule has 0 atom stereocenters. The van der Waals surface area contributed by atoms with Gasteiger partial charge in [0.2, 0.25) is 0 Å². The molecule has 0 aliphatic carbocycles. The normalized spacial score (nSPS) is 11.0. The van der Waals surface area contributed by atoms with Crippen LogP contribution in [0.1, 0.15) is 32.9 Å². The lowest BCUT2D eigenvalue weighted by Crippen LogP contribution is -2.16. The molecule has 0 aliphatic rings. The Morgan fingerprint density at radius 3 is 2.52 bits per heavy atom. The van der Waals surface area contributed by atoms with E-state index in [9.17, 15) is 13.6 Å². The summed E-state index contributed by atoms with van der Waals surface area (Å²) in [4.78, 5) is 12.8. The molecule has 3 aromatic rings. The van der Waals surface area contributed by atoms with E-state index in [1.807, 2.05) is 38.1 Å². The predicted octanol–water partition coefficient (Wildman–Crippen LogP) is 5.47. The molecule has 0 bridgehead atoms. The van der Waals surface area contributed by atoms with Crippen molar-refractivity contribution in [3.63, 3.8) is 0 Å². The van der Waals surface area contributed by atoms with Crippen LogP contribution in [0.4, 0.5) is 14.5 Å². The van der Waals surface area contributed by atoms with Crippen LogP contribution in [-0.4, -0.2) is 22.3 Å². The molecule has 29 heavy (non-hydrogen) atoms. The number of nitrogens with zero attached hydrogens (tertiary/aromatic N) is 2. The van der Waals surface area contributed by atoms with Crippen LogP contribution in [0, 0.1) is 20.8 Å². The minimum Gasteiger partial charge on any atom is -0.434 e. The van der Waals surface area contributed by atoms with Crippen molar-refractivity contribution >= 4 is 27.5 Å². The zero-order valence-electron chi connectivity index (χ0n) is 16.2. The van der Waals surface area contributed by atoms with Crippen LogP contribution in [0.3, 0.4) is 0 Å². The number of aryl methyl sites for hydroxylation is 2. The van der Waals surface area contributed by atoms with Gasteiger partial charge in [0, 0.05) is 4.47 Å². The molecular weight excluding hydrogens is 444 g/mol. The summed E-state index contributed by atoms with van der Waals surface area (Å²) >= 11 is 3.25. The number of amides is 1. The molecule has 2 aromatic carbocycles. The van der Waals surface area contributed by atoms with Crippen LogP contribution in [0.5, 0.6) is 5.75 Å². The number of hydrogen-bond acceptors (Lipinski definition) is 3. The van der Waals surface area contributed by atoms with Crippen LogP contribution >= 0.6 is 15.9 Å². The van der Waals surface area contributed by atoms with Gasteiger partial charge in [-0.05, 0) is 44.5 Å². The van der Waals surface area contributed by atoms with Gasteiger partial charge in [-0.15, -0.1) is 0 Å². The molecule has 0 unspecified atom stereocenters. The zero-order chi connectivity index (χ0) is 21.1. The van der Waals surface area contributed by atoms with E-state index in [0.29, 0.717) is 22.4 Å². The summed E-state index contributed by atoms with van der Waals surface area (Å²) in [5.41, 5.74) is 4.21. The molecule has 8 heteroatoms. The van der Waals surface area contributed by atoms with Crippen molar-refractivity contribution < 1.29 is 18.3 Å². The number of aromatic nitrogens is 2. The second-order valence-electron chi connectivity index (χ2n) is 6.66. The maximum atomic E-state index is 12.8. The molecule has 1 heterocycles. The summed E-state index contributed by atoms with van der Waals surface area (Å²) in [6.45, 7) is 3.18. The van der Waals surface area contributed by atoms with Gasteiger partial charge in [0.15, 0.2) is 0 Å². The van der Waals surface area contributed by atoms with E-state index in [-0.39, 0.29) is 11.3 Å². The van der Waals surface area contributed by atoms with E-state index in [2.05, 4.69) is 31.1 Å². The van der Waals surface area contributed by atoms with Crippen LogP contribution < -0.4 is 10.1 Å². The van der Waals surface area contributed by atoms with E-state index in [1.54, 1.807) is 11.6 Å². The number of halogens is 3. The van der Waals surface area contributed by atoms with Gasteiger partial charge in [0.25, 0.3) is 5.91 Å². The molecular formula is C21H20BrF2N3O2. The number of anilines is 1. The summed E-state index contributed by atoms with van der Waals surface area (Å²) in [7, 11) is 0. The number of carbonyl (C=O) groups is 1. The first-order valence-electron chi connectivity index (χ1n) is 8.90. The van der Waals surface area contributed by atoms with Crippen molar-refractivity contribution in [2.75, 3.05) is 5.32 Å². The smallest absolute Gasteiger partial charge is 0.387 e. The van der Waals surface area contributed by atoms with Crippen LogP contribution in [0.2, 0.25) is 0 Å². The van der Waals surface area contributed by atoms with Crippen LogP contribution in [-0.2, 0) is 6.54 Å². The monoisotopic (exact) mass is 463 g/mol. The Bertz CT molecular complexity index is 1030. The fraction of sp³-hybridized carbons (Fsp3) is 0.238. The number of rotatable bonds is 6. The fourth-order valence-corrected chi connectivity index (χ4v) is 3.32. The first-order valence-corrected chi connectivity index (χ1v) is 9.69. The highest BCUT2D eigenvalue weighted by Gasteiger charge is 2.20. The summed E-state index contributed by atoms with van der Waals surface area (Å²) < 4.78 is 32.2. The highest BCUT2D eigenvalue weighted by Crippen LogP contribution is 2.27. The summed E-state index contributed by atoms with van der Waals surface area (Å²) in [6.07, 6.45) is 0. The van der Waals surface area contributed by atoms with Crippen LogP contribution in [0.15, 0.2) is 46.9 Å². The lowest BCUT2D eigenvalue weighted by Gasteiger charge is -2.12. The summed E-state index contributed by atoms with van der Waals surface area (Å²) in [5.74, 6) is -0.744. The van der Waals surface area contributed by atoms with E-state index < -0.39 is 12.5 Å². The molecule has 1 N–H and O–H groups in total. The molecule has 0 saturated heterocycles. The topological polar surface area (TPSA) is 56.2 Å². The Labute approximate surface area is 175 Å². The third-order valence-electron chi connectivity index (χ3n) is 4.48. The summed E-state index contributed by atoms with van der Waals surface area (Å²) in [5, 5.41) is 7.29. The molecule has 5 nitrogen and oxygen atoms in total. The lowest BCUT2D eigenvalue weighted by molar-refractivity contribution is -0.0501. The zero-order valence-corrected chi connectivity index (χ0v) is 17.8. The number of hydrogen-bond donors (Lipinski definition) is 1. The molecule has 3 rings (SSSR count). The van der Waals surface area contributed by atoms with E-state index in [1.165, 1.54) is 23.8 Å². The third-order valence-corrected chi connectivity index (χ3v) is 4.97. The largest absolute Gasteiger partial charge is 0.434 e. The van der Waals surface area contributed by atoms with Gasteiger partial charge in [-0.1, -0.05) is 45.8 Å². The number of nitrogens with one attached hydrogen (secondary N) is 1. The number of alkyl halides is 2. The second kappa shape index (κ2) is 8.73. The number of carbonyl (C=O) groups excluding carboxylic acids is 1. The Hall–Kier alpha value is -2.74. The quantitative estimate of drug-likeness (QED) is 0.526. The number of benzene rings is 2. The van der Waals surface area contributed by atoms with E-state index in [0.717, 1.165) is 11.3 Å². The standard InChI is InChI=1S/C21H20BrF2N3O2/c1-12-4-6-15(7-5-12)11-27-14(3)19(13(2)26-27)25-20(28)17-10-16(22)8-9-18(17)29-21(23)24/h4-10,21H,11H2,1-3H3,(H,25,28). The van der Waals surface area contributed by atoms with Gasteiger partial charge < -0.3 is 10.1 Å². The maximum Gasteiger partial charge on any atom is 0.387 e. The number of ether oxygens (including phenoxy) is 1. The van der Waals surface area contributed by atoms with Gasteiger partial charge in [-0.25, -0.2) is 0 Å². The average molecular weight is 464 g/mol. The summed E-state index contributed by atoms with van der Waals surface area (Å²) in [6, 6.07) is 12.4. The molecule has 0 aliphatic heterocycles. The Balaban J connectivity index is 1.85. The van der Waals surface area contributed by atoms with Crippen molar-refractivity contribution in [2.45, 2.75) is 33.9 Å². The van der Waals surface area contributed by atoms with Crippen molar-refractivity contribution in [3.8, 4) is 5.75 Å². The maximum absolute atomic E-state index is 12.8. The first kappa shape index (κ1) is 21.0. The van der Waals surface area contributed by atoms with Gasteiger partial charge in [-0.2, -0.15) is 13.9 Å². The fourth-order valence-electron chi connectivity index (χ4n) is 2.96. The van der Waals surface area contributed by atoms with E-state index >= 15 is 0 Å². The highest BCUT2D eigenvalue weighted by molar-refractivity contribution is 9.10.